The van der Waals surface area contributed by atoms with Crippen LogP contribution in [0.15, 0.2) is 53.0 Å². The van der Waals surface area contributed by atoms with E-state index in [0.29, 0.717) is 11.1 Å². The fourth-order valence-corrected chi connectivity index (χ4v) is 1.82. The van der Waals surface area contributed by atoms with E-state index < -0.39 is 0 Å². The summed E-state index contributed by atoms with van der Waals surface area (Å²) in [7, 11) is 1.85. The van der Waals surface area contributed by atoms with Gasteiger partial charge in [-0.3, -0.25) is 4.79 Å². The lowest BCUT2D eigenvalue weighted by Gasteiger charge is -2.03. The van der Waals surface area contributed by atoms with Gasteiger partial charge in [-0.05, 0) is 48.5 Å². The molecule has 0 aliphatic rings. The topological polar surface area (TPSA) is 29.1 Å². The lowest BCUT2D eigenvalue weighted by Crippen LogP contribution is -2.01. The summed E-state index contributed by atoms with van der Waals surface area (Å²) < 4.78 is 0.972. The van der Waals surface area contributed by atoms with Crippen LogP contribution in [-0.4, -0.2) is 12.8 Å². The van der Waals surface area contributed by atoms with Crippen molar-refractivity contribution in [1.29, 1.82) is 0 Å². The Morgan fingerprint density at radius 1 is 0.941 bits per heavy atom. The number of halogens is 1. The van der Waals surface area contributed by atoms with E-state index in [0.717, 1.165) is 10.2 Å². The van der Waals surface area contributed by atoms with E-state index in [1.807, 2.05) is 55.6 Å². The standard InChI is InChI=1S/C14H12BrNO/c1-16-13-8-4-11(5-9-13)14(17)10-2-6-12(15)7-3-10/h2-9,16H,1H3. The molecule has 0 saturated carbocycles. The van der Waals surface area contributed by atoms with Gasteiger partial charge in [-0.25, -0.2) is 0 Å². The Labute approximate surface area is 109 Å². The smallest absolute Gasteiger partial charge is 0.193 e. The fourth-order valence-electron chi connectivity index (χ4n) is 1.56. The van der Waals surface area contributed by atoms with Gasteiger partial charge in [0, 0.05) is 28.3 Å². The Balaban J connectivity index is 2.27. The van der Waals surface area contributed by atoms with Gasteiger partial charge in [-0.15, -0.1) is 0 Å². The second-order valence-corrected chi connectivity index (χ2v) is 4.58. The monoisotopic (exact) mass is 289 g/mol. The van der Waals surface area contributed by atoms with Gasteiger partial charge in [0.25, 0.3) is 0 Å². The third kappa shape index (κ3) is 2.74. The van der Waals surface area contributed by atoms with Crippen LogP contribution in [0, 0.1) is 0 Å². The summed E-state index contributed by atoms with van der Waals surface area (Å²) in [5.41, 5.74) is 2.40. The number of benzene rings is 2. The van der Waals surface area contributed by atoms with E-state index in [2.05, 4.69) is 21.2 Å². The molecule has 0 heterocycles. The van der Waals surface area contributed by atoms with E-state index >= 15 is 0 Å². The molecule has 0 amide bonds. The van der Waals surface area contributed by atoms with Gasteiger partial charge in [0.15, 0.2) is 5.78 Å². The third-order valence-electron chi connectivity index (χ3n) is 2.54. The number of ketones is 1. The van der Waals surface area contributed by atoms with Gasteiger partial charge in [0.2, 0.25) is 0 Å². The normalized spacial score (nSPS) is 10.0. The minimum absolute atomic E-state index is 0.0418. The van der Waals surface area contributed by atoms with Crippen molar-refractivity contribution >= 4 is 27.4 Å². The number of nitrogens with one attached hydrogen (secondary N) is 1. The first kappa shape index (κ1) is 11.9. The summed E-state index contributed by atoms with van der Waals surface area (Å²) >= 11 is 3.35. The minimum Gasteiger partial charge on any atom is -0.388 e. The van der Waals surface area contributed by atoms with Gasteiger partial charge < -0.3 is 5.32 Å². The summed E-state index contributed by atoms with van der Waals surface area (Å²) in [6.07, 6.45) is 0. The van der Waals surface area contributed by atoms with Crippen molar-refractivity contribution in [3.05, 3.63) is 64.1 Å². The van der Waals surface area contributed by atoms with Gasteiger partial charge in [0.05, 0.1) is 0 Å². The highest BCUT2D eigenvalue weighted by atomic mass is 79.9. The summed E-state index contributed by atoms with van der Waals surface area (Å²) in [4.78, 5) is 12.1. The molecule has 0 aliphatic heterocycles. The van der Waals surface area contributed by atoms with Crippen LogP contribution in [0.1, 0.15) is 15.9 Å². The molecule has 2 nitrogen and oxygen atoms in total. The number of carbonyl (C=O) groups is 1. The molecule has 2 rings (SSSR count). The summed E-state index contributed by atoms with van der Waals surface area (Å²) in [5.74, 6) is 0.0418. The SMILES string of the molecule is CNc1ccc(C(=O)c2ccc(Br)cc2)cc1. The molecule has 0 aromatic heterocycles. The van der Waals surface area contributed by atoms with Crippen molar-refractivity contribution in [3.8, 4) is 0 Å². The van der Waals surface area contributed by atoms with Gasteiger partial charge in [-0.2, -0.15) is 0 Å². The van der Waals surface area contributed by atoms with Crippen LogP contribution in [0.2, 0.25) is 0 Å². The predicted molar refractivity (Wildman–Crippen MR) is 73.6 cm³/mol. The Morgan fingerprint density at radius 2 is 1.41 bits per heavy atom. The molecular formula is C14H12BrNO. The zero-order chi connectivity index (χ0) is 12.3. The van der Waals surface area contributed by atoms with Crippen molar-refractivity contribution in [2.45, 2.75) is 0 Å². The molecule has 3 heteroatoms. The van der Waals surface area contributed by atoms with Gasteiger partial charge in [-0.1, -0.05) is 15.9 Å². The number of hydrogen-bond acceptors (Lipinski definition) is 2. The molecule has 2 aromatic rings. The average molecular weight is 290 g/mol. The van der Waals surface area contributed by atoms with E-state index in [1.165, 1.54) is 0 Å². The number of anilines is 1. The van der Waals surface area contributed by atoms with E-state index in [-0.39, 0.29) is 5.78 Å². The molecule has 0 aliphatic carbocycles. The largest absolute Gasteiger partial charge is 0.388 e. The maximum atomic E-state index is 12.1. The Kier molecular flexibility index (Phi) is 3.59. The first-order valence-electron chi connectivity index (χ1n) is 5.29. The van der Waals surface area contributed by atoms with E-state index in [4.69, 9.17) is 0 Å². The lowest BCUT2D eigenvalue weighted by molar-refractivity contribution is 0.103. The van der Waals surface area contributed by atoms with Crippen molar-refractivity contribution in [2.24, 2.45) is 0 Å². The van der Waals surface area contributed by atoms with Crippen molar-refractivity contribution in [2.75, 3.05) is 12.4 Å². The summed E-state index contributed by atoms with van der Waals surface area (Å²) in [6, 6.07) is 14.8. The quantitative estimate of drug-likeness (QED) is 0.873. The zero-order valence-corrected chi connectivity index (χ0v) is 11.0. The van der Waals surface area contributed by atoms with Crippen molar-refractivity contribution in [1.82, 2.24) is 0 Å². The first-order valence-corrected chi connectivity index (χ1v) is 6.08. The van der Waals surface area contributed by atoms with Crippen LogP contribution >= 0.6 is 15.9 Å². The zero-order valence-electron chi connectivity index (χ0n) is 9.41. The lowest BCUT2D eigenvalue weighted by atomic mass is 10.0. The first-order chi connectivity index (χ1) is 8.20. The van der Waals surface area contributed by atoms with Crippen LogP contribution in [0.5, 0.6) is 0 Å². The highest BCUT2D eigenvalue weighted by Crippen LogP contribution is 2.16. The molecule has 0 spiro atoms. The molecule has 0 saturated heterocycles. The molecule has 17 heavy (non-hydrogen) atoms. The highest BCUT2D eigenvalue weighted by molar-refractivity contribution is 9.10. The van der Waals surface area contributed by atoms with Crippen molar-refractivity contribution in [3.63, 3.8) is 0 Å². The molecule has 86 valence electrons. The van der Waals surface area contributed by atoms with Crippen LogP contribution in [0.3, 0.4) is 0 Å². The van der Waals surface area contributed by atoms with Crippen LogP contribution < -0.4 is 5.32 Å². The number of hydrogen-bond donors (Lipinski definition) is 1. The average Bonchev–Trinajstić information content (AvgIpc) is 2.39. The Bertz CT molecular complexity index is 517. The highest BCUT2D eigenvalue weighted by Gasteiger charge is 2.08. The van der Waals surface area contributed by atoms with Gasteiger partial charge in [0.1, 0.15) is 0 Å². The fraction of sp³-hybridized carbons (Fsp3) is 0.0714. The number of carbonyl (C=O) groups excluding carboxylic acids is 1. The van der Waals surface area contributed by atoms with E-state index in [1.54, 1.807) is 0 Å². The molecule has 0 atom stereocenters. The molecule has 0 bridgehead atoms. The van der Waals surface area contributed by atoms with Crippen LogP contribution in [0.4, 0.5) is 5.69 Å². The maximum Gasteiger partial charge on any atom is 0.193 e. The molecular weight excluding hydrogens is 278 g/mol. The van der Waals surface area contributed by atoms with E-state index in [9.17, 15) is 4.79 Å². The summed E-state index contributed by atoms with van der Waals surface area (Å²) in [6.45, 7) is 0. The second kappa shape index (κ2) is 5.15. The van der Waals surface area contributed by atoms with Crippen molar-refractivity contribution < 1.29 is 4.79 Å². The summed E-state index contributed by atoms with van der Waals surface area (Å²) in [5, 5.41) is 3.02. The second-order valence-electron chi connectivity index (χ2n) is 3.66. The van der Waals surface area contributed by atoms with Crippen LogP contribution in [0.25, 0.3) is 0 Å². The third-order valence-corrected chi connectivity index (χ3v) is 3.07. The van der Waals surface area contributed by atoms with Crippen LogP contribution in [-0.2, 0) is 0 Å². The Hall–Kier alpha value is -1.61. The molecule has 2 aromatic carbocycles. The van der Waals surface area contributed by atoms with Gasteiger partial charge >= 0.3 is 0 Å². The Morgan fingerprint density at radius 3 is 1.88 bits per heavy atom. The molecule has 0 fully saturated rings. The molecule has 0 unspecified atom stereocenters. The minimum atomic E-state index is 0.0418. The molecule has 0 radical (unpaired) electrons. The molecule has 1 N–H and O–H groups in total. The predicted octanol–water partition coefficient (Wildman–Crippen LogP) is 3.72. The number of rotatable bonds is 3. The maximum absolute atomic E-state index is 12.1.